The van der Waals surface area contributed by atoms with Gasteiger partial charge in [0.25, 0.3) is 0 Å². The molecule has 0 aromatic heterocycles. The SMILES string of the molecule is C[C@H](N)C(=O)O.O=C[C@H](O)[C@@H](O)[C@@H](O)[C@H](O)CO. The summed E-state index contributed by atoms with van der Waals surface area (Å²) in [5, 5.41) is 51.4. The molecule has 0 saturated carbocycles. The fourth-order valence-corrected chi connectivity index (χ4v) is 0.618. The quantitative estimate of drug-likeness (QED) is 0.236. The Morgan fingerprint density at radius 1 is 1.22 bits per heavy atom. The fraction of sp³-hybridized carbons (Fsp3) is 0.778. The summed E-state index contributed by atoms with van der Waals surface area (Å²) < 4.78 is 0. The molecule has 0 bridgehead atoms. The minimum absolute atomic E-state index is 0.0258. The molecule has 0 radical (unpaired) electrons. The van der Waals surface area contributed by atoms with Crippen molar-refractivity contribution in [2.24, 2.45) is 5.73 Å². The Balaban J connectivity index is 0. The fourth-order valence-electron chi connectivity index (χ4n) is 0.618. The molecule has 9 nitrogen and oxygen atoms in total. The molecule has 0 saturated heterocycles. The smallest absolute Gasteiger partial charge is 0.320 e. The van der Waals surface area contributed by atoms with E-state index in [2.05, 4.69) is 0 Å². The summed E-state index contributed by atoms with van der Waals surface area (Å²) in [4.78, 5) is 19.5. The number of nitrogens with two attached hydrogens (primary N) is 1. The van der Waals surface area contributed by atoms with Crippen LogP contribution in [0.5, 0.6) is 0 Å². The molecule has 0 spiro atoms. The first-order chi connectivity index (χ1) is 8.18. The van der Waals surface area contributed by atoms with Crippen molar-refractivity contribution in [3.05, 3.63) is 0 Å². The monoisotopic (exact) mass is 269 g/mol. The van der Waals surface area contributed by atoms with E-state index in [-0.39, 0.29) is 6.29 Å². The van der Waals surface area contributed by atoms with Gasteiger partial charge < -0.3 is 41.2 Å². The first-order valence-corrected chi connectivity index (χ1v) is 4.95. The van der Waals surface area contributed by atoms with E-state index in [0.717, 1.165) is 0 Å². The van der Waals surface area contributed by atoms with Crippen molar-refractivity contribution in [2.75, 3.05) is 6.61 Å². The van der Waals surface area contributed by atoms with Gasteiger partial charge in [0.05, 0.1) is 6.61 Å². The van der Waals surface area contributed by atoms with Gasteiger partial charge in [0.15, 0.2) is 6.29 Å². The topological polar surface area (TPSA) is 182 Å². The lowest BCUT2D eigenvalue weighted by atomic mass is 10.0. The molecule has 0 rings (SSSR count). The van der Waals surface area contributed by atoms with Gasteiger partial charge >= 0.3 is 5.97 Å². The Bertz CT molecular complexity index is 247. The largest absolute Gasteiger partial charge is 0.480 e. The van der Waals surface area contributed by atoms with Gasteiger partial charge in [-0.05, 0) is 6.92 Å². The van der Waals surface area contributed by atoms with Crippen LogP contribution < -0.4 is 5.73 Å². The molecule has 0 amide bonds. The highest BCUT2D eigenvalue weighted by molar-refractivity contribution is 5.72. The Morgan fingerprint density at radius 2 is 1.61 bits per heavy atom. The van der Waals surface area contributed by atoms with Gasteiger partial charge in [-0.3, -0.25) is 4.79 Å². The van der Waals surface area contributed by atoms with Gasteiger partial charge in [-0.15, -0.1) is 0 Å². The third kappa shape index (κ3) is 8.06. The number of carboxylic acids is 1. The number of aliphatic hydroxyl groups is 5. The van der Waals surface area contributed by atoms with E-state index >= 15 is 0 Å². The molecule has 8 N–H and O–H groups in total. The van der Waals surface area contributed by atoms with Crippen LogP contribution in [0.15, 0.2) is 0 Å². The molecule has 9 heteroatoms. The van der Waals surface area contributed by atoms with Gasteiger partial charge in [-0.1, -0.05) is 0 Å². The molecule has 0 unspecified atom stereocenters. The molecule has 0 aromatic rings. The van der Waals surface area contributed by atoms with Crippen LogP contribution in [0.4, 0.5) is 0 Å². The zero-order valence-electron chi connectivity index (χ0n) is 9.75. The number of carbonyl (C=O) groups excluding carboxylic acids is 1. The van der Waals surface area contributed by atoms with Crippen LogP contribution in [0.2, 0.25) is 0 Å². The second-order valence-corrected chi connectivity index (χ2v) is 3.48. The molecule has 0 aliphatic heterocycles. The van der Waals surface area contributed by atoms with Crippen LogP contribution in [0, 0.1) is 0 Å². The maximum absolute atomic E-state index is 9.90. The van der Waals surface area contributed by atoms with E-state index in [1.54, 1.807) is 0 Å². The molecule has 108 valence electrons. The maximum Gasteiger partial charge on any atom is 0.320 e. The van der Waals surface area contributed by atoms with E-state index in [1.165, 1.54) is 6.92 Å². The summed E-state index contributed by atoms with van der Waals surface area (Å²) in [6, 6.07) is -0.731. The van der Waals surface area contributed by atoms with Crippen molar-refractivity contribution in [3.63, 3.8) is 0 Å². The van der Waals surface area contributed by atoms with Crippen LogP contribution >= 0.6 is 0 Å². The molecule has 0 aliphatic carbocycles. The highest BCUT2D eigenvalue weighted by Crippen LogP contribution is 2.02. The average molecular weight is 269 g/mol. The third-order valence-corrected chi connectivity index (χ3v) is 1.81. The zero-order chi connectivity index (χ0) is 14.9. The first kappa shape index (κ1) is 19.2. The normalized spacial score (nSPS) is 18.6. The molecule has 0 aromatic carbocycles. The Morgan fingerprint density at radius 3 is 1.83 bits per heavy atom. The average Bonchev–Trinajstić information content (AvgIpc) is 2.35. The van der Waals surface area contributed by atoms with Crippen molar-refractivity contribution in [1.82, 2.24) is 0 Å². The molecule has 0 fully saturated rings. The minimum Gasteiger partial charge on any atom is -0.480 e. The van der Waals surface area contributed by atoms with E-state index in [9.17, 15) is 9.59 Å². The molecular weight excluding hydrogens is 250 g/mol. The lowest BCUT2D eigenvalue weighted by molar-refractivity contribution is -0.138. The second kappa shape index (κ2) is 9.88. The summed E-state index contributed by atoms with van der Waals surface area (Å²) in [6.45, 7) is 0.659. The van der Waals surface area contributed by atoms with E-state index in [4.69, 9.17) is 36.4 Å². The first-order valence-electron chi connectivity index (χ1n) is 4.95. The standard InChI is InChI=1S/C6H12O6.C3H7NO2/c7-1-3(9)5(11)6(12)4(10)2-8;1-2(4)3(5)6/h1,3-6,8-12H,2H2;2H,4H2,1H3,(H,5,6)/t3-,4+,5+,6-;2-/m00/s1. The maximum atomic E-state index is 9.90. The number of aldehydes is 1. The van der Waals surface area contributed by atoms with Crippen LogP contribution in [0.3, 0.4) is 0 Å². The van der Waals surface area contributed by atoms with Gasteiger partial charge in [-0.2, -0.15) is 0 Å². The van der Waals surface area contributed by atoms with Gasteiger partial charge in [0, 0.05) is 0 Å². The van der Waals surface area contributed by atoms with Gasteiger partial charge in [0.1, 0.15) is 30.5 Å². The molecule has 0 aliphatic rings. The lowest BCUT2D eigenvalue weighted by Gasteiger charge is -2.22. The van der Waals surface area contributed by atoms with E-state index in [0.29, 0.717) is 0 Å². The van der Waals surface area contributed by atoms with Crippen molar-refractivity contribution in [2.45, 2.75) is 37.4 Å². The number of aliphatic carboxylic acids is 1. The highest BCUT2D eigenvalue weighted by Gasteiger charge is 2.29. The summed E-state index contributed by atoms with van der Waals surface area (Å²) in [6.07, 6.45) is -6.84. The molecule has 5 atom stereocenters. The summed E-state index contributed by atoms with van der Waals surface area (Å²) >= 11 is 0. The van der Waals surface area contributed by atoms with E-state index < -0.39 is 43.0 Å². The number of carboxylic acid groups (broad SMARTS) is 1. The Hall–Kier alpha value is -1.10. The zero-order valence-corrected chi connectivity index (χ0v) is 9.75. The summed E-state index contributed by atoms with van der Waals surface area (Å²) in [7, 11) is 0. The number of rotatable bonds is 6. The summed E-state index contributed by atoms with van der Waals surface area (Å²) in [5.41, 5.74) is 4.84. The van der Waals surface area contributed by atoms with Crippen LogP contribution in [-0.2, 0) is 9.59 Å². The number of aliphatic hydroxyl groups excluding tert-OH is 5. The number of hydrogen-bond acceptors (Lipinski definition) is 8. The molecular formula is C9H19NO8. The second-order valence-electron chi connectivity index (χ2n) is 3.48. The molecule has 18 heavy (non-hydrogen) atoms. The van der Waals surface area contributed by atoms with Gasteiger partial charge in [-0.25, -0.2) is 0 Å². The van der Waals surface area contributed by atoms with E-state index in [1.807, 2.05) is 0 Å². The van der Waals surface area contributed by atoms with Crippen LogP contribution in [-0.4, -0.2) is 80.0 Å². The lowest BCUT2D eigenvalue weighted by Crippen LogP contribution is -2.46. The van der Waals surface area contributed by atoms with Crippen molar-refractivity contribution < 1.29 is 40.2 Å². The predicted octanol–water partition coefficient (Wildman–Crippen LogP) is -3.96. The predicted molar refractivity (Wildman–Crippen MR) is 58.5 cm³/mol. The van der Waals surface area contributed by atoms with Gasteiger partial charge in [0.2, 0.25) is 0 Å². The van der Waals surface area contributed by atoms with Crippen LogP contribution in [0.1, 0.15) is 6.92 Å². The Labute approximate surface area is 103 Å². The number of hydrogen-bond donors (Lipinski definition) is 7. The third-order valence-electron chi connectivity index (χ3n) is 1.81. The summed E-state index contributed by atoms with van der Waals surface area (Å²) in [5.74, 6) is -0.963. The van der Waals surface area contributed by atoms with Crippen molar-refractivity contribution in [1.29, 1.82) is 0 Å². The number of carbonyl (C=O) groups is 2. The van der Waals surface area contributed by atoms with Crippen LogP contribution in [0.25, 0.3) is 0 Å². The Kier molecular flexibility index (Phi) is 10.6. The van der Waals surface area contributed by atoms with Crippen molar-refractivity contribution in [3.8, 4) is 0 Å². The minimum atomic E-state index is -1.79. The molecule has 0 heterocycles. The van der Waals surface area contributed by atoms with Crippen molar-refractivity contribution >= 4 is 12.3 Å². The highest BCUT2D eigenvalue weighted by atomic mass is 16.4.